The number of halogens is 2. The second-order valence-electron chi connectivity index (χ2n) is 7.10. The van der Waals surface area contributed by atoms with E-state index >= 15 is 0 Å². The molecule has 1 aliphatic heterocycles. The molecular weight excluding hydrogens is 367 g/mol. The zero-order valence-electron chi connectivity index (χ0n) is 15.8. The maximum absolute atomic E-state index is 13.0. The van der Waals surface area contributed by atoms with Crippen molar-refractivity contribution in [3.8, 4) is 5.75 Å². The molecule has 1 atom stereocenters. The van der Waals surface area contributed by atoms with E-state index in [0.717, 1.165) is 53.8 Å². The van der Waals surface area contributed by atoms with Crippen LogP contribution in [0.3, 0.4) is 0 Å². The number of anilines is 1. The first-order valence-electron chi connectivity index (χ1n) is 9.23. The molecule has 6 heteroatoms. The van der Waals surface area contributed by atoms with Crippen LogP contribution in [-0.4, -0.2) is 55.4 Å². The Morgan fingerprint density at radius 1 is 1.07 bits per heavy atom. The summed E-state index contributed by atoms with van der Waals surface area (Å²) in [6.07, 6.45) is -0.557. The number of piperazine rings is 1. The summed E-state index contributed by atoms with van der Waals surface area (Å²) in [6.45, 7) is 8.13. The number of β-amino-alcohol motifs (C(OH)–C–C–N with tert-alkyl or cyclic N) is 1. The summed E-state index contributed by atoms with van der Waals surface area (Å²) in [7, 11) is 0. The fraction of sp³-hybridized carbons (Fsp3) is 0.429. The normalized spacial score (nSPS) is 16.4. The molecule has 2 aromatic carbocycles. The highest BCUT2D eigenvalue weighted by molar-refractivity contribution is 6.32. The van der Waals surface area contributed by atoms with Gasteiger partial charge in [-0.2, -0.15) is 0 Å². The van der Waals surface area contributed by atoms with E-state index in [1.54, 1.807) is 0 Å². The number of ether oxygens (including phenoxy) is 1. The van der Waals surface area contributed by atoms with Gasteiger partial charge in [0.2, 0.25) is 0 Å². The number of nitrogens with zero attached hydrogens (tertiary/aromatic N) is 2. The summed E-state index contributed by atoms with van der Waals surface area (Å²) in [4.78, 5) is 4.46. The van der Waals surface area contributed by atoms with Crippen LogP contribution in [0.15, 0.2) is 36.4 Å². The second kappa shape index (κ2) is 8.91. The van der Waals surface area contributed by atoms with E-state index in [-0.39, 0.29) is 12.4 Å². The molecule has 0 spiro atoms. The Bertz CT molecular complexity index is 738. The highest BCUT2D eigenvalue weighted by Gasteiger charge is 2.20. The molecule has 0 bridgehead atoms. The SMILES string of the molecule is Cc1cc(OCC(O)CN2CCN(c3ccc(F)cc3)CC2)cc(C)c1Cl. The number of aliphatic hydroxyl groups excluding tert-OH is 1. The van der Waals surface area contributed by atoms with Crippen molar-refractivity contribution < 1.29 is 14.2 Å². The van der Waals surface area contributed by atoms with Crippen molar-refractivity contribution in [2.75, 3.05) is 44.2 Å². The maximum atomic E-state index is 13.0. The van der Waals surface area contributed by atoms with Gasteiger partial charge in [0.1, 0.15) is 24.3 Å². The average Bonchev–Trinajstić information content (AvgIpc) is 2.65. The van der Waals surface area contributed by atoms with Gasteiger partial charge in [-0.3, -0.25) is 4.90 Å². The fourth-order valence-electron chi connectivity index (χ4n) is 3.37. The molecule has 1 unspecified atom stereocenters. The topological polar surface area (TPSA) is 35.9 Å². The van der Waals surface area contributed by atoms with Crippen LogP contribution in [0.25, 0.3) is 0 Å². The first kappa shape index (κ1) is 19.9. The summed E-state index contributed by atoms with van der Waals surface area (Å²) in [6, 6.07) is 10.4. The molecule has 0 radical (unpaired) electrons. The Morgan fingerprint density at radius 3 is 2.26 bits per heavy atom. The Balaban J connectivity index is 1.44. The van der Waals surface area contributed by atoms with Gasteiger partial charge >= 0.3 is 0 Å². The van der Waals surface area contributed by atoms with Gasteiger partial charge in [-0.1, -0.05) is 11.6 Å². The van der Waals surface area contributed by atoms with Crippen LogP contribution in [0.1, 0.15) is 11.1 Å². The van der Waals surface area contributed by atoms with E-state index in [1.165, 1.54) is 12.1 Å². The molecule has 1 aliphatic rings. The van der Waals surface area contributed by atoms with Crippen molar-refractivity contribution in [2.24, 2.45) is 0 Å². The van der Waals surface area contributed by atoms with Gasteiger partial charge in [-0.05, 0) is 61.4 Å². The van der Waals surface area contributed by atoms with E-state index in [9.17, 15) is 9.50 Å². The Morgan fingerprint density at radius 2 is 1.67 bits per heavy atom. The molecule has 0 aromatic heterocycles. The van der Waals surface area contributed by atoms with Crippen LogP contribution in [0, 0.1) is 19.7 Å². The minimum Gasteiger partial charge on any atom is -0.491 e. The molecule has 4 nitrogen and oxygen atoms in total. The molecule has 1 saturated heterocycles. The lowest BCUT2D eigenvalue weighted by Gasteiger charge is -2.36. The number of aryl methyl sites for hydroxylation is 2. The Hall–Kier alpha value is -1.82. The number of hydrogen-bond donors (Lipinski definition) is 1. The predicted octanol–water partition coefficient (Wildman–Crippen LogP) is 3.66. The smallest absolute Gasteiger partial charge is 0.123 e. The van der Waals surface area contributed by atoms with Crippen LogP contribution < -0.4 is 9.64 Å². The minimum atomic E-state index is -0.557. The van der Waals surface area contributed by atoms with Crippen LogP contribution in [-0.2, 0) is 0 Å². The van der Waals surface area contributed by atoms with Crippen molar-refractivity contribution in [1.29, 1.82) is 0 Å². The van der Waals surface area contributed by atoms with Gasteiger partial charge in [0.15, 0.2) is 0 Å². The molecule has 1 heterocycles. The summed E-state index contributed by atoms with van der Waals surface area (Å²) < 4.78 is 18.8. The summed E-state index contributed by atoms with van der Waals surface area (Å²) in [5.41, 5.74) is 2.98. The number of aliphatic hydroxyl groups is 1. The van der Waals surface area contributed by atoms with Crippen LogP contribution in [0.2, 0.25) is 5.02 Å². The quantitative estimate of drug-likeness (QED) is 0.813. The number of benzene rings is 2. The zero-order valence-corrected chi connectivity index (χ0v) is 16.5. The van der Waals surface area contributed by atoms with Crippen molar-refractivity contribution >= 4 is 17.3 Å². The maximum Gasteiger partial charge on any atom is 0.123 e. The van der Waals surface area contributed by atoms with Gasteiger partial charge < -0.3 is 14.7 Å². The molecule has 2 aromatic rings. The molecule has 27 heavy (non-hydrogen) atoms. The molecule has 0 saturated carbocycles. The van der Waals surface area contributed by atoms with Gasteiger partial charge in [0.25, 0.3) is 0 Å². The van der Waals surface area contributed by atoms with Crippen molar-refractivity contribution in [3.63, 3.8) is 0 Å². The van der Waals surface area contributed by atoms with Gasteiger partial charge in [-0.15, -0.1) is 0 Å². The molecule has 3 rings (SSSR count). The molecule has 1 N–H and O–H groups in total. The third kappa shape index (κ3) is 5.34. The lowest BCUT2D eigenvalue weighted by Crippen LogP contribution is -2.49. The lowest BCUT2D eigenvalue weighted by molar-refractivity contribution is 0.0663. The molecular formula is C21H26ClFN2O2. The average molecular weight is 393 g/mol. The van der Waals surface area contributed by atoms with E-state index in [0.29, 0.717) is 6.54 Å². The van der Waals surface area contributed by atoms with E-state index in [4.69, 9.17) is 16.3 Å². The lowest BCUT2D eigenvalue weighted by atomic mass is 10.1. The zero-order chi connectivity index (χ0) is 19.4. The third-order valence-corrected chi connectivity index (χ3v) is 5.48. The summed E-state index contributed by atoms with van der Waals surface area (Å²) >= 11 is 6.17. The standard InChI is InChI=1S/C21H26ClFN2O2/c1-15-11-20(12-16(2)21(15)22)27-14-19(26)13-24-7-9-25(10-8-24)18-5-3-17(23)4-6-18/h3-6,11-12,19,26H,7-10,13-14H2,1-2H3. The first-order valence-corrected chi connectivity index (χ1v) is 9.60. The highest BCUT2D eigenvalue weighted by Crippen LogP contribution is 2.26. The minimum absolute atomic E-state index is 0.216. The first-order chi connectivity index (χ1) is 12.9. The van der Waals surface area contributed by atoms with E-state index < -0.39 is 6.10 Å². The molecule has 146 valence electrons. The summed E-state index contributed by atoms with van der Waals surface area (Å²) in [5, 5.41) is 11.1. The van der Waals surface area contributed by atoms with Crippen molar-refractivity contribution in [1.82, 2.24) is 4.90 Å². The van der Waals surface area contributed by atoms with Crippen molar-refractivity contribution in [3.05, 3.63) is 58.4 Å². The fourth-order valence-corrected chi connectivity index (χ4v) is 3.48. The number of hydrogen-bond acceptors (Lipinski definition) is 4. The predicted molar refractivity (Wildman–Crippen MR) is 107 cm³/mol. The van der Waals surface area contributed by atoms with Crippen molar-refractivity contribution in [2.45, 2.75) is 20.0 Å². The van der Waals surface area contributed by atoms with Gasteiger partial charge in [0.05, 0.1) is 0 Å². The highest BCUT2D eigenvalue weighted by atomic mass is 35.5. The number of rotatable bonds is 6. The van der Waals surface area contributed by atoms with E-state index in [2.05, 4.69) is 9.80 Å². The molecule has 0 amide bonds. The summed E-state index contributed by atoms with van der Waals surface area (Å²) in [5.74, 6) is 0.515. The van der Waals surface area contributed by atoms with Crippen LogP contribution in [0.4, 0.5) is 10.1 Å². The van der Waals surface area contributed by atoms with Gasteiger partial charge in [-0.25, -0.2) is 4.39 Å². The molecule has 1 fully saturated rings. The van der Waals surface area contributed by atoms with E-state index in [1.807, 2.05) is 38.1 Å². The third-order valence-electron chi connectivity index (χ3n) is 4.89. The Kier molecular flexibility index (Phi) is 6.58. The van der Waals surface area contributed by atoms with Crippen LogP contribution in [0.5, 0.6) is 5.75 Å². The monoisotopic (exact) mass is 392 g/mol. The molecule has 0 aliphatic carbocycles. The second-order valence-corrected chi connectivity index (χ2v) is 7.48. The van der Waals surface area contributed by atoms with Crippen LogP contribution >= 0.6 is 11.6 Å². The largest absolute Gasteiger partial charge is 0.491 e. The van der Waals surface area contributed by atoms with Gasteiger partial charge in [0, 0.05) is 43.4 Å². The Labute approximate surface area is 165 Å².